The van der Waals surface area contributed by atoms with E-state index >= 15 is 0 Å². The summed E-state index contributed by atoms with van der Waals surface area (Å²) in [5, 5.41) is 1.89. The summed E-state index contributed by atoms with van der Waals surface area (Å²) >= 11 is 5.95. The second-order valence-electron chi connectivity index (χ2n) is 6.97. The van der Waals surface area contributed by atoms with Gasteiger partial charge in [0.2, 0.25) is 5.89 Å². The van der Waals surface area contributed by atoms with Crippen LogP contribution in [0.1, 0.15) is 17.7 Å². The highest BCUT2D eigenvalue weighted by molar-refractivity contribution is 6.30. The molecule has 4 heterocycles. The van der Waals surface area contributed by atoms with Crippen molar-refractivity contribution in [3.8, 4) is 11.5 Å². The normalized spacial score (nSPS) is 15.1. The second-order valence-corrected chi connectivity index (χ2v) is 7.40. The lowest BCUT2D eigenvalue weighted by molar-refractivity contribution is 0.290. The first-order valence-corrected chi connectivity index (χ1v) is 9.68. The number of halogens is 1. The summed E-state index contributed by atoms with van der Waals surface area (Å²) in [5.41, 5.74) is 5.45. The molecule has 1 aliphatic heterocycles. The Morgan fingerprint density at radius 1 is 1.18 bits per heavy atom. The van der Waals surface area contributed by atoms with E-state index in [4.69, 9.17) is 16.0 Å². The van der Waals surface area contributed by atoms with Crippen LogP contribution >= 0.6 is 11.6 Å². The van der Waals surface area contributed by atoms with Crippen molar-refractivity contribution in [2.24, 2.45) is 0 Å². The number of pyridine rings is 1. The average Bonchev–Trinajstić information content (AvgIpc) is 3.36. The zero-order valence-electron chi connectivity index (χ0n) is 15.2. The van der Waals surface area contributed by atoms with Gasteiger partial charge in [-0.15, -0.1) is 0 Å². The molecule has 1 aliphatic rings. The number of rotatable bonds is 4. The maximum atomic E-state index is 5.95. The highest BCUT2D eigenvalue weighted by Crippen LogP contribution is 2.29. The van der Waals surface area contributed by atoms with Crippen molar-refractivity contribution in [3.63, 3.8) is 0 Å². The minimum absolute atomic E-state index is 0.631. The summed E-state index contributed by atoms with van der Waals surface area (Å²) in [6.45, 7) is 2.66. The van der Waals surface area contributed by atoms with Crippen LogP contribution in [0.3, 0.4) is 0 Å². The smallest absolute Gasteiger partial charge is 0.226 e. The number of aromatic nitrogens is 3. The van der Waals surface area contributed by atoms with Gasteiger partial charge in [0.05, 0.1) is 5.69 Å². The van der Waals surface area contributed by atoms with Crippen molar-refractivity contribution < 1.29 is 4.42 Å². The number of fused-ring (bicyclic) bond motifs is 1. The second kappa shape index (κ2) is 7.26. The Kier molecular flexibility index (Phi) is 4.47. The van der Waals surface area contributed by atoms with E-state index in [9.17, 15) is 0 Å². The van der Waals surface area contributed by atoms with Crippen LogP contribution in [0.15, 0.2) is 65.5 Å². The number of oxazole rings is 1. The molecule has 0 fully saturated rings. The van der Waals surface area contributed by atoms with Crippen molar-refractivity contribution >= 4 is 28.2 Å². The minimum atomic E-state index is 0.631. The van der Waals surface area contributed by atoms with E-state index in [1.165, 1.54) is 16.5 Å². The van der Waals surface area contributed by atoms with Gasteiger partial charge >= 0.3 is 0 Å². The van der Waals surface area contributed by atoms with Crippen molar-refractivity contribution in [2.45, 2.75) is 13.0 Å². The van der Waals surface area contributed by atoms with E-state index in [0.717, 1.165) is 43.0 Å². The number of nitrogens with one attached hydrogen (secondary N) is 1. The largest absolute Gasteiger partial charge is 0.444 e. The maximum Gasteiger partial charge on any atom is 0.226 e. The molecule has 140 valence electrons. The quantitative estimate of drug-likeness (QED) is 0.522. The van der Waals surface area contributed by atoms with Gasteiger partial charge in [0.25, 0.3) is 0 Å². The van der Waals surface area contributed by atoms with E-state index in [-0.39, 0.29) is 0 Å². The van der Waals surface area contributed by atoms with Crippen LogP contribution in [0.2, 0.25) is 5.02 Å². The van der Waals surface area contributed by atoms with Crippen LogP contribution in [0.5, 0.6) is 0 Å². The van der Waals surface area contributed by atoms with Crippen LogP contribution in [0.25, 0.3) is 28.1 Å². The lowest BCUT2D eigenvalue weighted by Gasteiger charge is -2.25. The molecule has 0 atom stereocenters. The molecule has 5 nitrogen and oxygen atoms in total. The van der Waals surface area contributed by atoms with Gasteiger partial charge in [-0.25, -0.2) is 9.97 Å². The molecule has 1 N–H and O–H groups in total. The number of nitrogens with zero attached hydrogens (tertiary/aromatic N) is 3. The summed E-state index contributed by atoms with van der Waals surface area (Å²) < 4.78 is 5.65. The summed E-state index contributed by atoms with van der Waals surface area (Å²) in [6, 6.07) is 11.6. The number of hydrogen-bond acceptors (Lipinski definition) is 4. The van der Waals surface area contributed by atoms with Crippen LogP contribution in [0.4, 0.5) is 0 Å². The standard InChI is InChI=1S/C22H19ClN4O/c23-17-5-3-16(4-6-17)22-26-18(14-28-22)13-27-10-7-15(8-11-27)20-12-25-21-19(20)2-1-9-24-21/h1-7,9,12,14H,8,10-11,13H2,(H,24,25). The summed E-state index contributed by atoms with van der Waals surface area (Å²) in [5.74, 6) is 0.631. The minimum Gasteiger partial charge on any atom is -0.444 e. The zero-order chi connectivity index (χ0) is 18.9. The predicted octanol–water partition coefficient (Wildman–Crippen LogP) is 5.16. The Morgan fingerprint density at radius 3 is 2.89 bits per heavy atom. The van der Waals surface area contributed by atoms with Crippen LogP contribution in [-0.2, 0) is 6.54 Å². The van der Waals surface area contributed by atoms with Crippen LogP contribution in [0, 0.1) is 0 Å². The third kappa shape index (κ3) is 3.35. The fourth-order valence-electron chi connectivity index (χ4n) is 3.65. The monoisotopic (exact) mass is 390 g/mol. The molecule has 6 heteroatoms. The highest BCUT2D eigenvalue weighted by Gasteiger charge is 2.17. The van der Waals surface area contributed by atoms with Crippen LogP contribution in [-0.4, -0.2) is 32.9 Å². The third-order valence-electron chi connectivity index (χ3n) is 5.12. The lowest BCUT2D eigenvalue weighted by Crippen LogP contribution is -2.28. The summed E-state index contributed by atoms with van der Waals surface area (Å²) in [7, 11) is 0. The Bertz CT molecular complexity index is 1140. The number of aromatic amines is 1. The molecule has 0 saturated carbocycles. The molecule has 0 unspecified atom stereocenters. The number of benzene rings is 1. The van der Waals surface area contributed by atoms with E-state index in [1.54, 1.807) is 6.26 Å². The van der Waals surface area contributed by atoms with Gasteiger partial charge in [0.1, 0.15) is 11.9 Å². The Hall–Kier alpha value is -2.89. The van der Waals surface area contributed by atoms with Crippen molar-refractivity contribution in [1.29, 1.82) is 0 Å². The van der Waals surface area contributed by atoms with Gasteiger partial charge in [-0.2, -0.15) is 0 Å². The lowest BCUT2D eigenvalue weighted by atomic mass is 9.99. The average molecular weight is 391 g/mol. The molecule has 3 aromatic heterocycles. The molecule has 0 saturated heterocycles. The molecular weight excluding hydrogens is 372 g/mol. The summed E-state index contributed by atoms with van der Waals surface area (Å²) in [4.78, 5) is 14.6. The molecule has 0 spiro atoms. The third-order valence-corrected chi connectivity index (χ3v) is 5.37. The molecule has 28 heavy (non-hydrogen) atoms. The molecule has 0 bridgehead atoms. The maximum absolute atomic E-state index is 5.95. The van der Waals surface area contributed by atoms with E-state index in [2.05, 4.69) is 38.2 Å². The first-order chi connectivity index (χ1) is 13.8. The topological polar surface area (TPSA) is 58.0 Å². The molecule has 4 aromatic rings. The Morgan fingerprint density at radius 2 is 2.07 bits per heavy atom. The van der Waals surface area contributed by atoms with Crippen molar-refractivity contribution in [1.82, 2.24) is 19.9 Å². The van der Waals surface area contributed by atoms with Gasteiger partial charge in [-0.1, -0.05) is 17.7 Å². The van der Waals surface area contributed by atoms with Gasteiger partial charge in [-0.05, 0) is 48.4 Å². The van der Waals surface area contributed by atoms with Gasteiger partial charge in [0.15, 0.2) is 0 Å². The summed E-state index contributed by atoms with van der Waals surface area (Å²) in [6.07, 6.45) is 8.93. The SMILES string of the molecule is Clc1ccc(-c2nc(CN3CC=C(c4c[nH]c5ncccc45)CC3)co2)cc1. The van der Waals surface area contributed by atoms with Gasteiger partial charge in [-0.3, -0.25) is 4.90 Å². The fraction of sp³-hybridized carbons (Fsp3) is 0.182. The number of H-pyrrole nitrogens is 1. The van der Waals surface area contributed by atoms with E-state index < -0.39 is 0 Å². The molecule has 0 radical (unpaired) electrons. The molecule has 0 amide bonds. The van der Waals surface area contributed by atoms with Crippen LogP contribution < -0.4 is 0 Å². The van der Waals surface area contributed by atoms with Gasteiger partial charge < -0.3 is 9.40 Å². The molecular formula is C22H19ClN4O. The molecule has 1 aromatic carbocycles. The highest BCUT2D eigenvalue weighted by atomic mass is 35.5. The predicted molar refractivity (Wildman–Crippen MR) is 111 cm³/mol. The Labute approximate surface area is 167 Å². The zero-order valence-corrected chi connectivity index (χ0v) is 16.0. The van der Waals surface area contributed by atoms with E-state index in [1.807, 2.05) is 36.5 Å². The van der Waals surface area contributed by atoms with Gasteiger partial charge in [0, 0.05) is 53.6 Å². The fourth-order valence-corrected chi connectivity index (χ4v) is 3.78. The molecule has 0 aliphatic carbocycles. The van der Waals surface area contributed by atoms with Crippen molar-refractivity contribution in [2.75, 3.05) is 13.1 Å². The molecule has 5 rings (SSSR count). The first-order valence-electron chi connectivity index (χ1n) is 9.30. The van der Waals surface area contributed by atoms with E-state index in [0.29, 0.717) is 10.9 Å². The number of hydrogen-bond donors (Lipinski definition) is 1. The first kappa shape index (κ1) is 17.2. The van der Waals surface area contributed by atoms with Crippen molar-refractivity contribution in [3.05, 3.63) is 77.4 Å². The Balaban J connectivity index is 1.28.